The van der Waals surface area contributed by atoms with Gasteiger partial charge in [-0.1, -0.05) is 17.3 Å². The molecular weight excluding hydrogens is 296 g/mol. The molecule has 0 spiro atoms. The maximum atomic E-state index is 5.34. The third-order valence-electron chi connectivity index (χ3n) is 4.19. The lowest BCUT2D eigenvalue weighted by atomic mass is 9.83. The number of hydrogen-bond donors (Lipinski definition) is 0. The van der Waals surface area contributed by atoms with Crippen molar-refractivity contribution < 1.29 is 9.26 Å². The molecule has 1 aliphatic heterocycles. The summed E-state index contributed by atoms with van der Waals surface area (Å²) >= 11 is 0. The van der Waals surface area contributed by atoms with Gasteiger partial charge in [0.25, 0.3) is 5.89 Å². The van der Waals surface area contributed by atoms with Crippen molar-refractivity contribution in [2.45, 2.75) is 19.9 Å². The summed E-state index contributed by atoms with van der Waals surface area (Å²) in [5.41, 5.74) is 1.59. The van der Waals surface area contributed by atoms with Gasteiger partial charge in [0.15, 0.2) is 5.69 Å². The monoisotopic (exact) mass is 312 g/mol. The number of pyridine rings is 1. The highest BCUT2D eigenvalue weighted by molar-refractivity contribution is 5.56. The Bertz CT molecular complexity index is 788. The first kappa shape index (κ1) is 14.0. The van der Waals surface area contributed by atoms with Crippen molar-refractivity contribution in [3.05, 3.63) is 30.7 Å². The van der Waals surface area contributed by atoms with Crippen LogP contribution in [0.2, 0.25) is 0 Å². The molecule has 0 amide bonds. The van der Waals surface area contributed by atoms with Crippen molar-refractivity contribution in [2.75, 3.05) is 13.2 Å². The zero-order valence-corrected chi connectivity index (χ0v) is 12.7. The molecule has 0 atom stereocenters. The molecule has 0 bridgehead atoms. The van der Waals surface area contributed by atoms with Gasteiger partial charge in [0.1, 0.15) is 0 Å². The molecule has 23 heavy (non-hydrogen) atoms. The van der Waals surface area contributed by atoms with Crippen LogP contribution >= 0.6 is 0 Å². The van der Waals surface area contributed by atoms with Crippen LogP contribution in [0.15, 0.2) is 35.2 Å². The van der Waals surface area contributed by atoms with E-state index in [1.165, 1.54) is 0 Å². The van der Waals surface area contributed by atoms with Gasteiger partial charge in [-0.05, 0) is 18.6 Å². The molecule has 1 fully saturated rings. The molecule has 0 unspecified atom stereocenters. The summed E-state index contributed by atoms with van der Waals surface area (Å²) < 4.78 is 12.4. The number of hydrogen-bond acceptors (Lipinski definition) is 7. The Kier molecular flexibility index (Phi) is 3.38. The van der Waals surface area contributed by atoms with Crippen molar-refractivity contribution in [3.63, 3.8) is 0 Å². The van der Waals surface area contributed by atoms with E-state index in [0.717, 1.165) is 31.7 Å². The number of aromatic nitrogens is 6. The van der Waals surface area contributed by atoms with Crippen LogP contribution in [-0.2, 0) is 11.3 Å². The van der Waals surface area contributed by atoms with Gasteiger partial charge in [0, 0.05) is 23.4 Å². The van der Waals surface area contributed by atoms with Crippen LogP contribution in [0.25, 0.3) is 23.0 Å². The molecule has 0 aromatic carbocycles. The molecule has 0 N–H and O–H groups in total. The van der Waals surface area contributed by atoms with E-state index in [2.05, 4.69) is 32.4 Å². The smallest absolute Gasteiger partial charge is 0.280 e. The molecule has 1 aliphatic rings. The first-order chi connectivity index (χ1) is 11.3. The minimum Gasteiger partial charge on any atom is -0.380 e. The van der Waals surface area contributed by atoms with Gasteiger partial charge in [-0.3, -0.25) is 9.67 Å². The van der Waals surface area contributed by atoms with E-state index in [0.29, 0.717) is 17.4 Å². The summed E-state index contributed by atoms with van der Waals surface area (Å²) in [6.07, 6.45) is 6.26. The van der Waals surface area contributed by atoms with Gasteiger partial charge < -0.3 is 9.26 Å². The normalized spacial score (nSPS) is 16.2. The van der Waals surface area contributed by atoms with E-state index < -0.39 is 0 Å². The Morgan fingerprint density at radius 2 is 2.09 bits per heavy atom. The van der Waals surface area contributed by atoms with Crippen LogP contribution in [0.5, 0.6) is 0 Å². The molecule has 0 radical (unpaired) electrons. The Morgan fingerprint density at radius 1 is 1.26 bits per heavy atom. The molecule has 4 heterocycles. The molecule has 3 aromatic rings. The van der Waals surface area contributed by atoms with Gasteiger partial charge in [0.05, 0.1) is 26.0 Å². The highest BCUT2D eigenvalue weighted by atomic mass is 16.5. The molecule has 0 saturated carbocycles. The topological polar surface area (TPSA) is 91.8 Å². The number of nitrogens with zero attached hydrogens (tertiary/aromatic N) is 6. The number of ether oxygens (including phenoxy) is 1. The molecule has 0 aliphatic carbocycles. The Labute approximate surface area is 132 Å². The highest BCUT2D eigenvalue weighted by Gasteiger charge is 2.37. The van der Waals surface area contributed by atoms with Crippen molar-refractivity contribution in [1.82, 2.24) is 30.1 Å². The highest BCUT2D eigenvalue weighted by Crippen LogP contribution is 2.33. The fourth-order valence-corrected chi connectivity index (χ4v) is 2.56. The van der Waals surface area contributed by atoms with E-state index in [4.69, 9.17) is 9.26 Å². The maximum Gasteiger partial charge on any atom is 0.280 e. The maximum absolute atomic E-state index is 5.34. The van der Waals surface area contributed by atoms with Crippen molar-refractivity contribution in [2.24, 2.45) is 5.41 Å². The van der Waals surface area contributed by atoms with Gasteiger partial charge >= 0.3 is 0 Å². The molecule has 8 heteroatoms. The number of rotatable bonds is 5. The average molecular weight is 312 g/mol. The first-order valence-electron chi connectivity index (χ1n) is 7.50. The summed E-state index contributed by atoms with van der Waals surface area (Å²) in [4.78, 5) is 8.34. The van der Waals surface area contributed by atoms with E-state index >= 15 is 0 Å². The van der Waals surface area contributed by atoms with Crippen LogP contribution in [0, 0.1) is 5.41 Å². The van der Waals surface area contributed by atoms with E-state index in [9.17, 15) is 0 Å². The lowest BCUT2D eigenvalue weighted by Gasteiger charge is -2.40. The van der Waals surface area contributed by atoms with Gasteiger partial charge in [0.2, 0.25) is 5.82 Å². The second kappa shape index (κ2) is 5.54. The summed E-state index contributed by atoms with van der Waals surface area (Å²) in [6.45, 7) is 4.48. The summed E-state index contributed by atoms with van der Waals surface area (Å²) in [7, 11) is 0. The van der Waals surface area contributed by atoms with Crippen LogP contribution in [0.4, 0.5) is 0 Å². The summed E-state index contributed by atoms with van der Waals surface area (Å²) in [6, 6.07) is 3.65. The fraction of sp³-hybridized carbons (Fsp3) is 0.400. The van der Waals surface area contributed by atoms with E-state index in [1.807, 2.05) is 23.0 Å². The Morgan fingerprint density at radius 3 is 2.78 bits per heavy atom. The van der Waals surface area contributed by atoms with E-state index in [1.54, 1.807) is 12.4 Å². The largest absolute Gasteiger partial charge is 0.380 e. The zero-order valence-electron chi connectivity index (χ0n) is 12.7. The van der Waals surface area contributed by atoms with Crippen LogP contribution in [-0.4, -0.2) is 43.3 Å². The zero-order chi connectivity index (χ0) is 15.7. The Balaban J connectivity index is 1.54. The lowest BCUT2D eigenvalue weighted by molar-refractivity contribution is -0.125. The van der Waals surface area contributed by atoms with Crippen molar-refractivity contribution in [1.29, 1.82) is 0 Å². The van der Waals surface area contributed by atoms with Crippen molar-refractivity contribution >= 4 is 0 Å². The molecule has 8 nitrogen and oxygen atoms in total. The minimum atomic E-state index is 0.169. The molecule has 118 valence electrons. The van der Waals surface area contributed by atoms with E-state index in [-0.39, 0.29) is 5.41 Å². The molecule has 4 rings (SSSR count). The first-order valence-corrected chi connectivity index (χ1v) is 7.50. The average Bonchev–Trinajstić information content (AvgIpc) is 3.21. The third kappa shape index (κ3) is 2.61. The third-order valence-corrected chi connectivity index (χ3v) is 4.19. The Hall–Kier alpha value is -2.61. The van der Waals surface area contributed by atoms with Crippen LogP contribution in [0.3, 0.4) is 0 Å². The molecule has 1 saturated heterocycles. The van der Waals surface area contributed by atoms with Gasteiger partial charge in [-0.2, -0.15) is 4.98 Å². The quantitative estimate of drug-likeness (QED) is 0.709. The van der Waals surface area contributed by atoms with Crippen molar-refractivity contribution in [3.8, 4) is 23.0 Å². The molecule has 3 aromatic heterocycles. The lowest BCUT2D eigenvalue weighted by Crippen LogP contribution is -2.45. The standard InChI is InChI=1S/C15H16N6O2/c1-2-15(9-22-10-15)8-21-7-12(18-20-21)14-17-13(19-23-14)11-3-5-16-6-4-11/h3-7H,2,8-10H2,1H3. The summed E-state index contributed by atoms with van der Waals surface area (Å²) in [5, 5.41) is 12.3. The van der Waals surface area contributed by atoms with Crippen LogP contribution < -0.4 is 0 Å². The molecular formula is C15H16N6O2. The second-order valence-corrected chi connectivity index (χ2v) is 5.81. The predicted molar refractivity (Wildman–Crippen MR) is 80.1 cm³/mol. The SMILES string of the molecule is CCC1(Cn2cc(-c3nc(-c4ccncc4)no3)nn2)COC1. The minimum absolute atomic E-state index is 0.169. The van der Waals surface area contributed by atoms with Crippen LogP contribution in [0.1, 0.15) is 13.3 Å². The predicted octanol–water partition coefficient (Wildman–Crippen LogP) is 1.82. The second-order valence-electron chi connectivity index (χ2n) is 5.81. The fourth-order valence-electron chi connectivity index (χ4n) is 2.56. The van der Waals surface area contributed by atoms with Gasteiger partial charge in [-0.15, -0.1) is 5.10 Å². The van der Waals surface area contributed by atoms with Gasteiger partial charge in [-0.25, -0.2) is 0 Å². The summed E-state index contributed by atoms with van der Waals surface area (Å²) in [5.74, 6) is 0.868.